The predicted octanol–water partition coefficient (Wildman–Crippen LogP) is 1.94. The average Bonchev–Trinajstić information content (AvgIpc) is 2.62. The van der Waals surface area contributed by atoms with Gasteiger partial charge in [0.2, 0.25) is 0 Å². The van der Waals surface area contributed by atoms with Crippen molar-refractivity contribution in [3.8, 4) is 0 Å². The van der Waals surface area contributed by atoms with E-state index >= 15 is 0 Å². The van der Waals surface area contributed by atoms with Crippen LogP contribution in [0.25, 0.3) is 0 Å². The average molecular weight is 416 g/mol. The molecule has 0 aromatic rings. The molecule has 2 aliphatic heterocycles. The van der Waals surface area contributed by atoms with Crippen LogP contribution in [0, 0.1) is 0 Å². The number of hydrogen-bond donors (Lipinski definition) is 2. The zero-order valence-electron chi connectivity index (χ0n) is 15.0. The van der Waals surface area contributed by atoms with Gasteiger partial charge in [0, 0.05) is 29.8 Å². The van der Waals surface area contributed by atoms with Crippen molar-refractivity contribution in [2.24, 2.45) is 5.73 Å². The Balaban J connectivity index is 1.91. The van der Waals surface area contributed by atoms with Crippen LogP contribution in [0.4, 0.5) is 0 Å². The van der Waals surface area contributed by atoms with E-state index in [9.17, 15) is 9.90 Å². The summed E-state index contributed by atoms with van der Waals surface area (Å²) in [6, 6.07) is 0.442. The molecule has 7 heteroatoms. The number of nitrogens with zero attached hydrogens (tertiary/aromatic N) is 2. The molecule has 2 rings (SSSR count). The fourth-order valence-corrected chi connectivity index (χ4v) is 3.90. The van der Waals surface area contributed by atoms with E-state index in [2.05, 4.69) is 25.7 Å². The molecular formula is C18H30BrN3O3. The molecule has 0 aliphatic carbocycles. The second-order valence-corrected chi connectivity index (χ2v) is 7.58. The summed E-state index contributed by atoms with van der Waals surface area (Å²) < 4.78 is 5.83. The first-order chi connectivity index (χ1) is 12.0. The third kappa shape index (κ3) is 6.09. The van der Waals surface area contributed by atoms with E-state index in [1.54, 1.807) is 13.0 Å². The first-order valence-corrected chi connectivity index (χ1v) is 9.95. The quantitative estimate of drug-likeness (QED) is 0.392. The van der Waals surface area contributed by atoms with Crippen LogP contribution in [0.2, 0.25) is 0 Å². The van der Waals surface area contributed by atoms with Crippen LogP contribution in [-0.2, 0) is 9.53 Å². The summed E-state index contributed by atoms with van der Waals surface area (Å²) in [5.41, 5.74) is 6.10. The second-order valence-electron chi connectivity index (χ2n) is 6.66. The minimum atomic E-state index is -0.296. The summed E-state index contributed by atoms with van der Waals surface area (Å²) >= 11 is 3.33. The molecule has 2 heterocycles. The molecule has 0 spiro atoms. The highest BCUT2D eigenvalue weighted by Crippen LogP contribution is 2.24. The number of aliphatic hydroxyl groups is 1. The molecule has 2 saturated heterocycles. The van der Waals surface area contributed by atoms with Crippen LogP contribution in [0.3, 0.4) is 0 Å². The van der Waals surface area contributed by atoms with Gasteiger partial charge in [0.1, 0.15) is 6.23 Å². The summed E-state index contributed by atoms with van der Waals surface area (Å²) in [5, 5.41) is 10.2. The molecule has 2 fully saturated rings. The maximum absolute atomic E-state index is 12.2. The van der Waals surface area contributed by atoms with Crippen LogP contribution in [0.1, 0.15) is 39.0 Å². The lowest BCUT2D eigenvalue weighted by molar-refractivity contribution is -0.138. The highest BCUT2D eigenvalue weighted by molar-refractivity contribution is 9.11. The Morgan fingerprint density at radius 2 is 2.00 bits per heavy atom. The summed E-state index contributed by atoms with van der Waals surface area (Å²) in [6.07, 6.45) is 8.07. The van der Waals surface area contributed by atoms with Crippen molar-refractivity contribution in [2.75, 3.05) is 32.8 Å². The van der Waals surface area contributed by atoms with Crippen LogP contribution in [0.5, 0.6) is 0 Å². The largest absolute Gasteiger partial charge is 0.463 e. The predicted molar refractivity (Wildman–Crippen MR) is 102 cm³/mol. The van der Waals surface area contributed by atoms with Gasteiger partial charge in [-0.3, -0.25) is 9.80 Å². The maximum Gasteiger partial charge on any atom is 0.335 e. The molecule has 2 aliphatic rings. The molecule has 3 N–H and O–H groups in total. The van der Waals surface area contributed by atoms with Crippen molar-refractivity contribution >= 4 is 21.9 Å². The normalized spacial score (nSPS) is 25.2. The van der Waals surface area contributed by atoms with Gasteiger partial charge in [-0.2, -0.15) is 0 Å². The van der Waals surface area contributed by atoms with E-state index in [1.807, 2.05) is 0 Å². The van der Waals surface area contributed by atoms with Crippen molar-refractivity contribution in [3.63, 3.8) is 0 Å². The number of esters is 1. The first-order valence-electron chi connectivity index (χ1n) is 9.16. The number of aliphatic hydroxyl groups excluding tert-OH is 1. The lowest BCUT2D eigenvalue weighted by Gasteiger charge is -2.42. The number of halogens is 1. The van der Waals surface area contributed by atoms with Gasteiger partial charge >= 0.3 is 5.97 Å². The molecule has 6 nitrogen and oxygen atoms in total. The van der Waals surface area contributed by atoms with Crippen molar-refractivity contribution in [1.82, 2.24) is 9.80 Å². The number of nitrogens with two attached hydrogens (primary N) is 1. The van der Waals surface area contributed by atoms with Gasteiger partial charge in [0.15, 0.2) is 0 Å². The van der Waals surface area contributed by atoms with Gasteiger partial charge in [0.25, 0.3) is 0 Å². The monoisotopic (exact) mass is 415 g/mol. The van der Waals surface area contributed by atoms with Gasteiger partial charge in [-0.15, -0.1) is 0 Å². The molecule has 1 unspecified atom stereocenters. The fourth-order valence-electron chi connectivity index (χ4n) is 3.62. The second kappa shape index (κ2) is 10.3. The van der Waals surface area contributed by atoms with Crippen molar-refractivity contribution < 1.29 is 14.6 Å². The first kappa shape index (κ1) is 20.4. The van der Waals surface area contributed by atoms with E-state index in [-0.39, 0.29) is 12.2 Å². The third-order valence-corrected chi connectivity index (χ3v) is 5.43. The zero-order chi connectivity index (χ0) is 18.2. The van der Waals surface area contributed by atoms with Crippen LogP contribution in [0.15, 0.2) is 22.3 Å². The molecule has 1 atom stereocenters. The minimum absolute atomic E-state index is 0.286. The SMILES string of the molecule is CCOC(=O)/C(=C/C(Br)=C\N)CN1CCC(N2CCCCC2O)CC1. The van der Waals surface area contributed by atoms with E-state index in [0.29, 0.717) is 29.2 Å². The molecule has 0 amide bonds. The molecule has 0 radical (unpaired) electrons. The number of likely N-dealkylation sites (tertiary alicyclic amines) is 2. The maximum atomic E-state index is 12.2. The van der Waals surface area contributed by atoms with Gasteiger partial charge in [0.05, 0.1) is 12.2 Å². The molecule has 142 valence electrons. The smallest absolute Gasteiger partial charge is 0.335 e. The minimum Gasteiger partial charge on any atom is -0.463 e. The summed E-state index contributed by atoms with van der Waals surface area (Å²) in [6.45, 7) is 5.53. The van der Waals surface area contributed by atoms with Crippen LogP contribution < -0.4 is 5.73 Å². The van der Waals surface area contributed by atoms with Gasteiger partial charge in [-0.1, -0.05) is 0 Å². The number of ether oxygens (including phenoxy) is 1. The van der Waals surface area contributed by atoms with Gasteiger partial charge in [-0.05, 0) is 74.1 Å². The molecule has 0 saturated carbocycles. The topological polar surface area (TPSA) is 79.0 Å². The third-order valence-electron chi connectivity index (χ3n) is 4.94. The number of carbonyl (C=O) groups is 1. The molecule has 0 aromatic heterocycles. The standard InChI is InChI=1S/C18H30BrN3O3/c1-2-25-18(24)14(11-15(19)12-20)13-21-9-6-16(7-10-21)22-8-4-3-5-17(22)23/h11-12,16-17,23H,2-10,13,20H2,1H3/b14-11+,15-12+. The summed E-state index contributed by atoms with van der Waals surface area (Å²) in [7, 11) is 0. The Morgan fingerprint density at radius 1 is 1.28 bits per heavy atom. The van der Waals surface area contributed by atoms with Gasteiger partial charge in [-0.25, -0.2) is 4.79 Å². The number of rotatable bonds is 6. The van der Waals surface area contributed by atoms with Crippen molar-refractivity contribution in [2.45, 2.75) is 51.3 Å². The molecule has 0 bridgehead atoms. The Kier molecular flexibility index (Phi) is 8.42. The number of piperidine rings is 2. The van der Waals surface area contributed by atoms with Crippen molar-refractivity contribution in [3.05, 3.63) is 22.3 Å². The fraction of sp³-hybridized carbons (Fsp3) is 0.722. The Bertz CT molecular complexity index is 502. The van der Waals surface area contributed by atoms with E-state index < -0.39 is 0 Å². The lowest BCUT2D eigenvalue weighted by atomic mass is 9.98. The zero-order valence-corrected chi connectivity index (χ0v) is 16.6. The number of hydrogen-bond acceptors (Lipinski definition) is 6. The van der Waals surface area contributed by atoms with Gasteiger partial charge < -0.3 is 15.6 Å². The van der Waals surface area contributed by atoms with E-state index in [0.717, 1.165) is 45.3 Å². The number of carbonyl (C=O) groups excluding carboxylic acids is 1. The Morgan fingerprint density at radius 3 is 2.60 bits per heavy atom. The van der Waals surface area contributed by atoms with Crippen molar-refractivity contribution in [1.29, 1.82) is 0 Å². The molecule has 25 heavy (non-hydrogen) atoms. The van der Waals surface area contributed by atoms with Crippen LogP contribution in [-0.4, -0.2) is 65.9 Å². The summed E-state index contributed by atoms with van der Waals surface area (Å²) in [4.78, 5) is 16.7. The molecule has 0 aromatic carbocycles. The highest BCUT2D eigenvalue weighted by Gasteiger charge is 2.30. The Hall–Kier alpha value is -0.890. The summed E-state index contributed by atoms with van der Waals surface area (Å²) in [5.74, 6) is -0.296. The Labute approximate surface area is 158 Å². The van der Waals surface area contributed by atoms with E-state index in [4.69, 9.17) is 10.5 Å². The highest BCUT2D eigenvalue weighted by atomic mass is 79.9. The lowest BCUT2D eigenvalue weighted by Crippen LogP contribution is -2.51. The van der Waals surface area contributed by atoms with E-state index in [1.165, 1.54) is 12.6 Å². The van der Waals surface area contributed by atoms with Crippen LogP contribution >= 0.6 is 15.9 Å². The molecular weight excluding hydrogens is 386 g/mol. The number of allylic oxidation sites excluding steroid dienone is 2.